The summed E-state index contributed by atoms with van der Waals surface area (Å²) in [5, 5.41) is 16.9. The van der Waals surface area contributed by atoms with Crippen molar-refractivity contribution >= 4 is 26.6 Å². The first-order valence-electron chi connectivity index (χ1n) is 13.0. The summed E-state index contributed by atoms with van der Waals surface area (Å²) in [5.41, 5.74) is 0.905. The quantitative estimate of drug-likeness (QED) is 0.240. The molecule has 0 aliphatic rings. The first-order chi connectivity index (χ1) is 19.8. The molecule has 0 aliphatic carbocycles. The van der Waals surface area contributed by atoms with Crippen LogP contribution in [0.3, 0.4) is 0 Å². The molecule has 2 N–H and O–H groups in total. The summed E-state index contributed by atoms with van der Waals surface area (Å²) in [6.45, 7) is 1.32. The molecule has 0 aliphatic heterocycles. The fourth-order valence-electron chi connectivity index (χ4n) is 4.78. The van der Waals surface area contributed by atoms with Gasteiger partial charge in [0.05, 0.1) is 59.6 Å². The van der Waals surface area contributed by atoms with Gasteiger partial charge in [-0.15, -0.1) is 0 Å². The maximum absolute atomic E-state index is 15.2. The lowest BCUT2D eigenvalue weighted by atomic mass is 10.1. The van der Waals surface area contributed by atoms with Crippen molar-refractivity contribution < 1.29 is 40.3 Å². The van der Waals surface area contributed by atoms with Crippen molar-refractivity contribution in [2.24, 2.45) is 0 Å². The zero-order valence-electron chi connectivity index (χ0n) is 22.8. The summed E-state index contributed by atoms with van der Waals surface area (Å²) in [6, 6.07) is 9.75. The van der Waals surface area contributed by atoms with E-state index in [1.807, 2.05) is 0 Å². The van der Waals surface area contributed by atoms with E-state index in [9.17, 15) is 35.9 Å². The Kier molecular flexibility index (Phi) is 9.06. The lowest BCUT2D eigenvalue weighted by Gasteiger charge is -2.18. The Bertz CT molecular complexity index is 1700. The van der Waals surface area contributed by atoms with E-state index in [0.29, 0.717) is 22.3 Å². The number of aliphatic hydroxyl groups excluding tert-OH is 1. The molecule has 2 heterocycles. The van der Waals surface area contributed by atoms with Gasteiger partial charge >= 0.3 is 6.18 Å². The van der Waals surface area contributed by atoms with E-state index in [0.717, 1.165) is 6.07 Å². The first kappa shape index (κ1) is 31.2. The summed E-state index contributed by atoms with van der Waals surface area (Å²) in [5.74, 6) is -1.90. The van der Waals surface area contributed by atoms with Crippen LogP contribution in [0.2, 0.25) is 0 Å². The Morgan fingerprint density at radius 3 is 2.38 bits per heavy atom. The highest BCUT2D eigenvalue weighted by atomic mass is 32.2. The van der Waals surface area contributed by atoms with Crippen LogP contribution in [0.4, 0.5) is 22.0 Å². The fourth-order valence-corrected chi connectivity index (χ4v) is 5.66. The van der Waals surface area contributed by atoms with Gasteiger partial charge in [-0.1, -0.05) is 19.1 Å². The van der Waals surface area contributed by atoms with Crippen LogP contribution in [0.1, 0.15) is 46.0 Å². The fraction of sp³-hybridized carbons (Fsp3) is 0.357. The maximum Gasteiger partial charge on any atom is 0.394 e. The second kappa shape index (κ2) is 12.2. The van der Waals surface area contributed by atoms with Gasteiger partial charge in [-0.25, -0.2) is 17.2 Å². The number of hydrogen-bond donors (Lipinski definition) is 2. The van der Waals surface area contributed by atoms with Gasteiger partial charge < -0.3 is 15.0 Å². The number of nitrogens with one attached hydrogen (secondary N) is 1. The van der Waals surface area contributed by atoms with Crippen LogP contribution in [-0.4, -0.2) is 59.0 Å². The lowest BCUT2D eigenvalue weighted by molar-refractivity contribution is -0.128. The number of nitrogens with zero attached hydrogens (tertiary/aromatic N) is 3. The number of fused-ring (bicyclic) bond motifs is 1. The highest BCUT2D eigenvalue weighted by Crippen LogP contribution is 2.27. The second-order valence-electron chi connectivity index (χ2n) is 9.77. The molecule has 0 spiro atoms. The van der Waals surface area contributed by atoms with Gasteiger partial charge in [0.2, 0.25) is 0 Å². The molecule has 2 aromatic carbocycles. The predicted octanol–water partition coefficient (Wildman–Crippen LogP) is 4.66. The van der Waals surface area contributed by atoms with Gasteiger partial charge in [-0.05, 0) is 48.9 Å². The molecule has 2 aromatic heterocycles. The SMILES string of the molecule is CCS(=O)(=O)c1ccc(C(CO)NC(=O)c2cc3cc(Cn4nc(C)cc4CC(F)(F)F)n(CCF)c3cc2F)cc1. The van der Waals surface area contributed by atoms with E-state index in [4.69, 9.17) is 0 Å². The molecule has 42 heavy (non-hydrogen) atoms. The molecule has 14 heteroatoms. The lowest BCUT2D eigenvalue weighted by Crippen LogP contribution is -2.31. The zero-order chi connectivity index (χ0) is 30.8. The van der Waals surface area contributed by atoms with Crippen molar-refractivity contribution in [1.29, 1.82) is 0 Å². The number of halogens is 5. The molecule has 0 fully saturated rings. The van der Waals surface area contributed by atoms with Crippen LogP contribution in [0.15, 0.2) is 53.4 Å². The number of carbonyl (C=O) groups is 1. The Balaban J connectivity index is 1.64. The minimum Gasteiger partial charge on any atom is -0.394 e. The molecule has 1 unspecified atom stereocenters. The molecule has 0 bridgehead atoms. The Labute approximate surface area is 238 Å². The molecule has 226 valence electrons. The van der Waals surface area contributed by atoms with E-state index >= 15 is 4.39 Å². The molecule has 8 nitrogen and oxygen atoms in total. The number of alkyl halides is 4. The van der Waals surface area contributed by atoms with Crippen molar-refractivity contribution in [3.05, 3.63) is 82.6 Å². The normalized spacial score (nSPS) is 13.0. The molecule has 1 amide bonds. The second-order valence-corrected chi connectivity index (χ2v) is 12.1. The van der Waals surface area contributed by atoms with E-state index < -0.39 is 53.5 Å². The van der Waals surface area contributed by atoms with Crippen LogP contribution >= 0.6 is 0 Å². The molecule has 4 aromatic rings. The molecule has 0 saturated heterocycles. The third-order valence-electron chi connectivity index (χ3n) is 6.82. The maximum atomic E-state index is 15.2. The van der Waals surface area contributed by atoms with Crippen molar-refractivity contribution in [3.8, 4) is 0 Å². The van der Waals surface area contributed by atoms with Crippen LogP contribution in [-0.2, 0) is 29.3 Å². The number of aryl methyl sites for hydroxylation is 2. The Hall–Kier alpha value is -3.78. The van der Waals surface area contributed by atoms with E-state index in [2.05, 4.69) is 10.4 Å². The topological polar surface area (TPSA) is 106 Å². The van der Waals surface area contributed by atoms with Crippen molar-refractivity contribution in [3.63, 3.8) is 0 Å². The number of aliphatic hydroxyl groups is 1. The van der Waals surface area contributed by atoms with Crippen molar-refractivity contribution in [2.45, 2.75) is 50.5 Å². The number of amides is 1. The van der Waals surface area contributed by atoms with Gasteiger partial charge in [0, 0.05) is 16.8 Å². The molecular formula is C28H29F5N4O4S. The van der Waals surface area contributed by atoms with Gasteiger partial charge in [0.1, 0.15) is 12.5 Å². The summed E-state index contributed by atoms with van der Waals surface area (Å²) >= 11 is 0. The van der Waals surface area contributed by atoms with Crippen molar-refractivity contribution in [2.75, 3.05) is 19.0 Å². The Morgan fingerprint density at radius 1 is 1.10 bits per heavy atom. The first-order valence-corrected chi connectivity index (χ1v) is 14.6. The monoisotopic (exact) mass is 612 g/mol. The zero-order valence-corrected chi connectivity index (χ0v) is 23.6. The molecule has 0 radical (unpaired) electrons. The average molecular weight is 613 g/mol. The van der Waals surface area contributed by atoms with Crippen molar-refractivity contribution in [1.82, 2.24) is 19.7 Å². The van der Waals surface area contributed by atoms with Gasteiger partial charge in [-0.3, -0.25) is 9.48 Å². The van der Waals surface area contributed by atoms with E-state index in [1.165, 1.54) is 58.6 Å². The highest BCUT2D eigenvalue weighted by Gasteiger charge is 2.30. The highest BCUT2D eigenvalue weighted by molar-refractivity contribution is 7.91. The largest absolute Gasteiger partial charge is 0.394 e. The van der Waals surface area contributed by atoms with Crippen LogP contribution in [0, 0.1) is 12.7 Å². The average Bonchev–Trinajstić information content (AvgIpc) is 3.43. The van der Waals surface area contributed by atoms with Gasteiger partial charge in [-0.2, -0.15) is 18.3 Å². The number of sulfone groups is 1. The number of benzene rings is 2. The standard InChI is InChI=1S/C28H29F5N4O4S/c1-3-42(40,41)22-6-4-18(5-7-22)25(16-38)34-27(39)23-12-19-11-21(36(9-8-29)26(19)13-24(23)30)15-37-20(10-17(2)35-37)14-28(31,32)33/h4-7,10-13,25,38H,3,8-9,14-16H2,1-2H3,(H,34,39). The summed E-state index contributed by atoms with van der Waals surface area (Å²) in [4.78, 5) is 13.1. The number of aromatic nitrogens is 3. The minimum atomic E-state index is -4.47. The third-order valence-corrected chi connectivity index (χ3v) is 8.57. The molecule has 1 atom stereocenters. The summed E-state index contributed by atoms with van der Waals surface area (Å²) in [7, 11) is -3.46. The van der Waals surface area contributed by atoms with Crippen LogP contribution < -0.4 is 5.32 Å². The van der Waals surface area contributed by atoms with Crippen LogP contribution in [0.5, 0.6) is 0 Å². The smallest absolute Gasteiger partial charge is 0.394 e. The summed E-state index contributed by atoms with van der Waals surface area (Å²) < 4.78 is 94.7. The van der Waals surface area contributed by atoms with E-state index in [-0.39, 0.29) is 40.5 Å². The number of hydrogen-bond acceptors (Lipinski definition) is 5. The third kappa shape index (κ3) is 6.81. The molecule has 4 rings (SSSR count). The van der Waals surface area contributed by atoms with E-state index in [1.54, 1.807) is 6.92 Å². The van der Waals surface area contributed by atoms with Gasteiger partial charge in [0.25, 0.3) is 5.91 Å². The molecular weight excluding hydrogens is 583 g/mol. The van der Waals surface area contributed by atoms with Gasteiger partial charge in [0.15, 0.2) is 9.84 Å². The summed E-state index contributed by atoms with van der Waals surface area (Å²) in [6.07, 6.45) is -5.68. The predicted molar refractivity (Wildman–Crippen MR) is 145 cm³/mol. The van der Waals surface area contributed by atoms with Crippen LogP contribution in [0.25, 0.3) is 10.9 Å². The molecule has 0 saturated carbocycles. The number of carbonyl (C=O) groups excluding carboxylic acids is 1. The minimum absolute atomic E-state index is 0.0812. The number of rotatable bonds is 11. The Morgan fingerprint density at radius 2 is 1.79 bits per heavy atom.